The Morgan fingerprint density at radius 3 is 1.37 bits per heavy atom. The van der Waals surface area contributed by atoms with E-state index >= 15 is 0 Å². The fraction of sp³-hybridized carbons (Fsp3) is 0.118. The van der Waals surface area contributed by atoms with Crippen LogP contribution in [-0.4, -0.2) is 9.73 Å². The molecule has 4 nitrogen and oxygen atoms in total. The molecule has 0 atom stereocenters. The molecule has 41 heavy (non-hydrogen) atoms. The first kappa shape index (κ1) is 27.8. The van der Waals surface area contributed by atoms with Gasteiger partial charge in [-0.1, -0.05) is 0 Å². The van der Waals surface area contributed by atoms with Gasteiger partial charge < -0.3 is 0 Å². The van der Waals surface area contributed by atoms with Gasteiger partial charge >= 0.3 is 259 Å². The Morgan fingerprint density at radius 2 is 0.976 bits per heavy atom. The average Bonchev–Trinajstić information content (AvgIpc) is 3.71. The average molecular weight is 656 g/mol. The quantitative estimate of drug-likeness (QED) is 0.238. The van der Waals surface area contributed by atoms with Gasteiger partial charge in [-0.3, -0.25) is 0 Å². The van der Waals surface area contributed by atoms with Gasteiger partial charge in [0.1, 0.15) is 0 Å². The second kappa shape index (κ2) is 12.6. The number of para-hydroxylation sites is 4. The number of allylic oxidation sites excluding steroid dienone is 14. The third kappa shape index (κ3) is 6.43. The van der Waals surface area contributed by atoms with Crippen LogP contribution < -0.4 is 15.1 Å². The van der Waals surface area contributed by atoms with Crippen LogP contribution in [0.15, 0.2) is 140 Å². The van der Waals surface area contributed by atoms with Crippen molar-refractivity contribution in [2.24, 2.45) is 0 Å². The molecule has 4 aliphatic carbocycles. The molecule has 0 aliphatic heterocycles. The summed E-state index contributed by atoms with van der Waals surface area (Å²) in [7, 11) is 0. The summed E-state index contributed by atoms with van der Waals surface area (Å²) in [6, 6.07) is 15.5. The van der Waals surface area contributed by atoms with Crippen LogP contribution in [0.5, 0.6) is 23.0 Å². The van der Waals surface area contributed by atoms with E-state index in [1.807, 2.05) is 85.0 Å². The Bertz CT molecular complexity index is 1520. The summed E-state index contributed by atoms with van der Waals surface area (Å²) in [5.41, 5.74) is 0. The summed E-state index contributed by atoms with van der Waals surface area (Å²) in [6.07, 6.45) is 27.5. The van der Waals surface area contributed by atoms with E-state index in [9.17, 15) is 0 Å². The molecule has 0 radical (unpaired) electrons. The topological polar surface area (TPSA) is 36.9 Å². The first-order chi connectivity index (χ1) is 20.1. The Labute approximate surface area is 257 Å². The first-order valence-corrected chi connectivity index (χ1v) is 18.8. The van der Waals surface area contributed by atoms with Crippen LogP contribution in [-0.2, 0) is 21.1 Å². The maximum atomic E-state index is 7.19. The zero-order chi connectivity index (χ0) is 28.1. The second-order valence-electron chi connectivity index (χ2n) is 9.81. The van der Waals surface area contributed by atoms with Crippen LogP contribution in [0.2, 0.25) is 0 Å². The van der Waals surface area contributed by atoms with E-state index in [0.29, 0.717) is 34.5 Å². The summed E-state index contributed by atoms with van der Waals surface area (Å²) in [6.45, 7) is 0. The van der Waals surface area contributed by atoms with E-state index in [1.54, 1.807) is 0 Å². The van der Waals surface area contributed by atoms with Crippen LogP contribution >= 0.6 is 24.4 Å². The van der Waals surface area contributed by atoms with E-state index in [0.717, 1.165) is 35.4 Å². The second-order valence-corrected chi connectivity index (χ2v) is 18.0. The fourth-order valence-electron chi connectivity index (χ4n) is 4.91. The molecule has 0 saturated heterocycles. The third-order valence-corrected chi connectivity index (χ3v) is 15.9. The Kier molecular flexibility index (Phi) is 8.57. The summed E-state index contributed by atoms with van der Waals surface area (Å²) in [5.74, 6) is 3.88. The van der Waals surface area contributed by atoms with Gasteiger partial charge in [-0.25, -0.2) is 0 Å². The van der Waals surface area contributed by atoms with E-state index in [1.165, 1.54) is 6.56 Å². The predicted octanol–water partition coefficient (Wildman–Crippen LogP) is 9.00. The molecule has 0 amide bonds. The first-order valence-electron chi connectivity index (χ1n) is 13.6. The van der Waals surface area contributed by atoms with Crippen molar-refractivity contribution in [3.63, 3.8) is 0 Å². The van der Waals surface area contributed by atoms with Crippen molar-refractivity contribution in [2.45, 2.75) is 25.7 Å². The van der Waals surface area contributed by atoms with Crippen LogP contribution in [0.25, 0.3) is 0 Å². The molecule has 0 saturated carbocycles. The maximum absolute atomic E-state index is 7.19. The summed E-state index contributed by atoms with van der Waals surface area (Å²) in [4.78, 5) is 1.67. The van der Waals surface area contributed by atoms with Gasteiger partial charge in [0.2, 0.25) is 0 Å². The summed E-state index contributed by atoms with van der Waals surface area (Å²) < 4.78 is 29.4. The predicted molar refractivity (Wildman–Crippen MR) is 168 cm³/mol. The third-order valence-electron chi connectivity index (χ3n) is 6.86. The van der Waals surface area contributed by atoms with Crippen molar-refractivity contribution >= 4 is 34.2 Å². The monoisotopic (exact) mass is 654 g/mol. The molecule has 0 N–H and O–H groups in total. The Balaban J connectivity index is 1.40. The van der Waals surface area contributed by atoms with Crippen molar-refractivity contribution in [3.05, 3.63) is 140 Å². The van der Waals surface area contributed by atoms with E-state index in [4.69, 9.17) is 39.5 Å². The van der Waals surface area contributed by atoms with Crippen molar-refractivity contribution in [1.29, 1.82) is 0 Å². The van der Waals surface area contributed by atoms with E-state index in [2.05, 4.69) is 36.5 Å². The molecule has 0 unspecified atom stereocenters. The van der Waals surface area contributed by atoms with E-state index < -0.39 is 21.1 Å². The Hall–Kier alpha value is -3.38. The minimum atomic E-state index is -4.38. The van der Waals surface area contributed by atoms with Crippen LogP contribution in [0, 0.1) is 0 Å². The van der Waals surface area contributed by atoms with E-state index in [-0.39, 0.29) is 0 Å². The Morgan fingerprint density at radius 1 is 0.537 bits per heavy atom. The minimum absolute atomic E-state index is 0.617. The number of hydrogen-bond acceptors (Lipinski definition) is 6. The van der Waals surface area contributed by atoms with Crippen molar-refractivity contribution in [2.75, 3.05) is 0 Å². The molecule has 4 aliphatic rings. The molecular formula is C34H28O4S2Zr. The van der Waals surface area contributed by atoms with Gasteiger partial charge in [-0.05, 0) is 0 Å². The zero-order valence-electron chi connectivity index (χ0n) is 22.3. The molecule has 204 valence electrons. The zero-order valence-corrected chi connectivity index (χ0v) is 26.4. The van der Waals surface area contributed by atoms with Crippen molar-refractivity contribution in [3.8, 4) is 23.0 Å². The number of hydrogen-bond donors (Lipinski definition) is 0. The van der Waals surface area contributed by atoms with Crippen LogP contribution in [0.4, 0.5) is 0 Å². The van der Waals surface area contributed by atoms with Gasteiger partial charge in [0.25, 0.3) is 0 Å². The molecule has 7 heteroatoms. The van der Waals surface area contributed by atoms with Crippen molar-refractivity contribution < 1.29 is 36.2 Å². The summed E-state index contributed by atoms with van der Waals surface area (Å²) >= 11 is 6.44. The molecule has 0 bridgehead atoms. The van der Waals surface area contributed by atoms with Gasteiger partial charge in [0.15, 0.2) is 0 Å². The van der Waals surface area contributed by atoms with Gasteiger partial charge in [0.05, 0.1) is 0 Å². The molecular weight excluding hydrogens is 628 g/mol. The SMILES string of the molecule is S=C1C=C(Oc2ccccc2[O][Zr]([O]c2ccccc2OC2=CC(=S)CC=C2)([C]2=CC=CC2)[C]2=CC=CC2)C=CC1. The molecule has 2 aromatic carbocycles. The van der Waals surface area contributed by atoms with Crippen molar-refractivity contribution in [1.82, 2.24) is 0 Å². The number of rotatable bonds is 10. The fourth-order valence-corrected chi connectivity index (χ4v) is 13.5. The molecule has 6 rings (SSSR count). The van der Waals surface area contributed by atoms with Crippen LogP contribution in [0.1, 0.15) is 25.7 Å². The molecule has 0 spiro atoms. The van der Waals surface area contributed by atoms with Gasteiger partial charge in [-0.2, -0.15) is 0 Å². The number of ether oxygens (including phenoxy) is 2. The molecule has 0 fully saturated rings. The molecule has 2 aromatic rings. The van der Waals surface area contributed by atoms with Crippen LogP contribution in [0.3, 0.4) is 0 Å². The normalized spacial score (nSPS) is 17.7. The number of benzene rings is 2. The summed E-state index contributed by atoms with van der Waals surface area (Å²) in [5, 5.41) is 0. The van der Waals surface area contributed by atoms with Gasteiger partial charge in [-0.15, -0.1) is 0 Å². The standard InChI is InChI=1S/2C12H10O2S.2C5H5.Zr/c2*13-11-6-1-2-7-12(11)14-9-4-3-5-10(15)8-9;2*1-2-4-5-3-1;/h2*1-4,6-8,13H,5H2;2*1-3H,4H2;/q;;;;+2/p-2. The number of thiocarbonyl (C=S) groups is 2. The molecule has 0 aromatic heterocycles. The molecule has 0 heterocycles. The van der Waals surface area contributed by atoms with Gasteiger partial charge in [0, 0.05) is 0 Å².